The van der Waals surface area contributed by atoms with Gasteiger partial charge in [-0.3, -0.25) is 4.79 Å². The average Bonchev–Trinajstić information content (AvgIpc) is 2.84. The van der Waals surface area contributed by atoms with Crippen molar-refractivity contribution < 1.29 is 14.3 Å². The summed E-state index contributed by atoms with van der Waals surface area (Å²) in [6.07, 6.45) is 3.89. The summed E-state index contributed by atoms with van der Waals surface area (Å²) >= 11 is 0. The molecule has 1 N–H and O–H groups in total. The molecule has 0 unspecified atom stereocenters. The van der Waals surface area contributed by atoms with E-state index in [0.717, 1.165) is 16.7 Å². The number of ether oxygens (including phenoxy) is 2. The summed E-state index contributed by atoms with van der Waals surface area (Å²) in [4.78, 5) is 12.8. The van der Waals surface area contributed by atoms with Crippen molar-refractivity contribution in [1.29, 1.82) is 5.26 Å². The van der Waals surface area contributed by atoms with E-state index < -0.39 is 5.91 Å². The summed E-state index contributed by atoms with van der Waals surface area (Å²) in [7, 11) is 0. The Morgan fingerprint density at radius 3 is 2.50 bits per heavy atom. The molecule has 0 bridgehead atoms. The summed E-state index contributed by atoms with van der Waals surface area (Å²) in [5.74, 6) is 0.718. The second kappa shape index (κ2) is 12.1. The van der Waals surface area contributed by atoms with Crippen molar-refractivity contribution in [2.24, 2.45) is 0 Å². The first-order chi connectivity index (χ1) is 16.5. The predicted molar refractivity (Wildman–Crippen MR) is 136 cm³/mol. The van der Waals surface area contributed by atoms with E-state index in [-0.39, 0.29) is 5.57 Å². The zero-order chi connectivity index (χ0) is 24.3. The minimum absolute atomic E-state index is 0.00629. The molecule has 0 fully saturated rings. The first-order valence-electron chi connectivity index (χ1n) is 11.1. The normalized spacial score (nSPS) is 10.8. The number of aryl methyl sites for hydroxylation is 1. The van der Waals surface area contributed by atoms with Gasteiger partial charge in [-0.1, -0.05) is 54.6 Å². The fourth-order valence-electron chi connectivity index (χ4n) is 3.45. The molecule has 0 aliphatic carbocycles. The molecular weight excluding hydrogens is 424 g/mol. The molecule has 0 spiro atoms. The van der Waals surface area contributed by atoms with Crippen LogP contribution in [0.5, 0.6) is 11.5 Å². The monoisotopic (exact) mass is 452 g/mol. The highest BCUT2D eigenvalue weighted by molar-refractivity contribution is 6.10. The summed E-state index contributed by atoms with van der Waals surface area (Å²) in [5.41, 5.74) is 4.15. The number of carbonyl (C=O) groups excluding carboxylic acids is 1. The topological polar surface area (TPSA) is 71.4 Å². The second-order valence-corrected chi connectivity index (χ2v) is 7.65. The highest BCUT2D eigenvalue weighted by Crippen LogP contribution is 2.35. The lowest BCUT2D eigenvalue weighted by atomic mass is 10.0. The number of nitriles is 1. The number of carbonyl (C=O) groups is 1. The Labute approximate surface area is 201 Å². The van der Waals surface area contributed by atoms with Crippen LogP contribution < -0.4 is 14.8 Å². The van der Waals surface area contributed by atoms with Gasteiger partial charge in [-0.05, 0) is 61.2 Å². The standard InChI is InChI=1S/C29H28N2O3/c1-4-11-24-16-23(17-25(19-30)29(32)31-26-15-10-9-12-21(26)3)18-27(33-5-2)28(24)34-20-22-13-7-6-8-14-22/h4,6-10,12-18H,1,5,11,20H2,2-3H3,(H,31,32)/b25-17-. The van der Waals surface area contributed by atoms with Crippen LogP contribution in [0, 0.1) is 18.3 Å². The van der Waals surface area contributed by atoms with Crippen LogP contribution >= 0.6 is 0 Å². The van der Waals surface area contributed by atoms with Crippen LogP contribution in [0.25, 0.3) is 6.08 Å². The quantitative estimate of drug-likeness (QED) is 0.224. The first-order valence-corrected chi connectivity index (χ1v) is 11.1. The van der Waals surface area contributed by atoms with Crippen LogP contribution in [-0.4, -0.2) is 12.5 Å². The number of hydrogen-bond donors (Lipinski definition) is 1. The van der Waals surface area contributed by atoms with E-state index in [9.17, 15) is 10.1 Å². The predicted octanol–water partition coefficient (Wildman–Crippen LogP) is 6.25. The van der Waals surface area contributed by atoms with Crippen LogP contribution in [0.4, 0.5) is 5.69 Å². The van der Waals surface area contributed by atoms with Gasteiger partial charge in [0.1, 0.15) is 18.2 Å². The van der Waals surface area contributed by atoms with E-state index in [1.165, 1.54) is 0 Å². The van der Waals surface area contributed by atoms with Gasteiger partial charge in [-0.25, -0.2) is 0 Å². The molecule has 0 radical (unpaired) electrons. The third kappa shape index (κ3) is 6.36. The summed E-state index contributed by atoms with van der Waals surface area (Å²) in [5, 5.41) is 12.5. The molecule has 3 aromatic carbocycles. The fraction of sp³-hybridized carbons (Fsp3) is 0.172. The number of anilines is 1. The lowest BCUT2D eigenvalue weighted by Crippen LogP contribution is -2.14. The number of amides is 1. The Bertz CT molecular complexity index is 1220. The molecule has 0 heterocycles. The Kier molecular flexibility index (Phi) is 8.65. The molecule has 5 nitrogen and oxygen atoms in total. The van der Waals surface area contributed by atoms with Gasteiger partial charge < -0.3 is 14.8 Å². The SMILES string of the molecule is C=CCc1cc(/C=C(/C#N)C(=O)Nc2ccccc2C)cc(OCC)c1OCc1ccccc1. The number of nitrogens with one attached hydrogen (secondary N) is 1. The third-order valence-electron chi connectivity index (χ3n) is 5.11. The number of hydrogen-bond acceptors (Lipinski definition) is 4. The van der Waals surface area contributed by atoms with Gasteiger partial charge in [0.15, 0.2) is 11.5 Å². The maximum atomic E-state index is 12.8. The smallest absolute Gasteiger partial charge is 0.266 e. The van der Waals surface area contributed by atoms with Crippen molar-refractivity contribution in [2.75, 3.05) is 11.9 Å². The van der Waals surface area contributed by atoms with E-state index in [2.05, 4.69) is 11.9 Å². The van der Waals surface area contributed by atoms with Crippen LogP contribution in [0.3, 0.4) is 0 Å². The summed E-state index contributed by atoms with van der Waals surface area (Å²) < 4.78 is 12.0. The lowest BCUT2D eigenvalue weighted by Gasteiger charge is -2.17. The number of nitrogens with zero attached hydrogens (tertiary/aromatic N) is 1. The Balaban J connectivity index is 1.94. The molecule has 34 heavy (non-hydrogen) atoms. The molecule has 172 valence electrons. The molecule has 1 amide bonds. The average molecular weight is 453 g/mol. The van der Waals surface area contributed by atoms with E-state index in [4.69, 9.17) is 9.47 Å². The lowest BCUT2D eigenvalue weighted by molar-refractivity contribution is -0.112. The molecule has 0 aliphatic heterocycles. The first kappa shape index (κ1) is 24.3. The minimum Gasteiger partial charge on any atom is -0.490 e. The second-order valence-electron chi connectivity index (χ2n) is 7.65. The van der Waals surface area contributed by atoms with Crippen LogP contribution in [-0.2, 0) is 17.8 Å². The zero-order valence-electron chi connectivity index (χ0n) is 19.5. The van der Waals surface area contributed by atoms with Crippen molar-refractivity contribution >= 4 is 17.7 Å². The zero-order valence-corrected chi connectivity index (χ0v) is 19.5. The maximum Gasteiger partial charge on any atom is 0.266 e. The Morgan fingerprint density at radius 1 is 1.09 bits per heavy atom. The van der Waals surface area contributed by atoms with Crippen molar-refractivity contribution in [1.82, 2.24) is 0 Å². The molecule has 3 rings (SSSR count). The van der Waals surface area contributed by atoms with Crippen molar-refractivity contribution in [3.05, 3.63) is 107 Å². The summed E-state index contributed by atoms with van der Waals surface area (Å²) in [6.45, 7) is 8.48. The molecule has 0 atom stereocenters. The van der Waals surface area contributed by atoms with E-state index in [0.29, 0.717) is 42.4 Å². The van der Waals surface area contributed by atoms with Crippen LogP contribution in [0.15, 0.2) is 85.0 Å². The molecule has 0 aromatic heterocycles. The van der Waals surface area contributed by atoms with E-state index >= 15 is 0 Å². The van der Waals surface area contributed by atoms with Crippen LogP contribution in [0.1, 0.15) is 29.2 Å². The van der Waals surface area contributed by atoms with E-state index in [1.807, 2.05) is 74.5 Å². The molecule has 0 saturated carbocycles. The van der Waals surface area contributed by atoms with Gasteiger partial charge in [0.05, 0.1) is 6.61 Å². The molecular formula is C29H28N2O3. The van der Waals surface area contributed by atoms with E-state index in [1.54, 1.807) is 24.3 Å². The summed E-state index contributed by atoms with van der Waals surface area (Å²) in [6, 6.07) is 23.0. The van der Waals surface area contributed by atoms with Gasteiger partial charge in [-0.2, -0.15) is 5.26 Å². The van der Waals surface area contributed by atoms with Gasteiger partial charge in [0.25, 0.3) is 5.91 Å². The highest BCUT2D eigenvalue weighted by atomic mass is 16.5. The van der Waals surface area contributed by atoms with Crippen LogP contribution in [0.2, 0.25) is 0 Å². The largest absolute Gasteiger partial charge is 0.490 e. The fourth-order valence-corrected chi connectivity index (χ4v) is 3.45. The number of allylic oxidation sites excluding steroid dienone is 1. The van der Waals surface area contributed by atoms with Crippen molar-refractivity contribution in [2.45, 2.75) is 26.9 Å². The Hall–Kier alpha value is -4.30. The van der Waals surface area contributed by atoms with Crippen molar-refractivity contribution in [3.63, 3.8) is 0 Å². The molecule has 0 aliphatic rings. The Morgan fingerprint density at radius 2 is 1.82 bits per heavy atom. The van der Waals surface area contributed by atoms with Gasteiger partial charge in [0, 0.05) is 11.3 Å². The maximum absolute atomic E-state index is 12.8. The molecule has 3 aromatic rings. The molecule has 5 heteroatoms. The number of para-hydroxylation sites is 1. The minimum atomic E-state index is -0.468. The van der Waals surface area contributed by atoms with Gasteiger partial charge >= 0.3 is 0 Å². The number of benzene rings is 3. The van der Waals surface area contributed by atoms with Crippen molar-refractivity contribution in [3.8, 4) is 17.6 Å². The third-order valence-corrected chi connectivity index (χ3v) is 5.11. The van der Waals surface area contributed by atoms with Gasteiger partial charge in [0.2, 0.25) is 0 Å². The molecule has 0 saturated heterocycles. The highest BCUT2D eigenvalue weighted by Gasteiger charge is 2.16. The van der Waals surface area contributed by atoms with Gasteiger partial charge in [-0.15, -0.1) is 6.58 Å². The number of rotatable bonds is 10.